The van der Waals surface area contributed by atoms with Gasteiger partial charge in [-0.2, -0.15) is 0 Å². The summed E-state index contributed by atoms with van der Waals surface area (Å²) in [5.41, 5.74) is 2.47. The number of aryl methyl sites for hydroxylation is 1. The van der Waals surface area contributed by atoms with E-state index in [1.165, 1.54) is 31.2 Å². The molecular weight excluding hydrogens is 234 g/mol. The number of hydrogen-bond acceptors (Lipinski definition) is 3. The third-order valence-electron chi connectivity index (χ3n) is 4.09. The highest BCUT2D eigenvalue weighted by atomic mass is 15.2. The normalized spacial score (nSPS) is 20.4. The first-order chi connectivity index (χ1) is 9.22. The van der Waals surface area contributed by atoms with Crippen molar-refractivity contribution in [2.24, 2.45) is 0 Å². The first-order valence-electron chi connectivity index (χ1n) is 7.66. The summed E-state index contributed by atoms with van der Waals surface area (Å²) in [6, 6.07) is 5.05. The Morgan fingerprint density at radius 3 is 2.89 bits per heavy atom. The third kappa shape index (κ3) is 3.69. The molecule has 0 bridgehead atoms. The van der Waals surface area contributed by atoms with Crippen LogP contribution in [0, 0.1) is 6.92 Å². The minimum absolute atomic E-state index is 0.619. The van der Waals surface area contributed by atoms with Gasteiger partial charge in [-0.05, 0) is 44.9 Å². The Labute approximate surface area is 117 Å². The summed E-state index contributed by atoms with van der Waals surface area (Å²) in [6.07, 6.45) is 5.30. The van der Waals surface area contributed by atoms with Crippen molar-refractivity contribution >= 4 is 5.82 Å². The zero-order valence-corrected chi connectivity index (χ0v) is 12.6. The van der Waals surface area contributed by atoms with E-state index in [0.29, 0.717) is 6.04 Å². The molecule has 0 amide bonds. The summed E-state index contributed by atoms with van der Waals surface area (Å²) in [7, 11) is 0. The maximum Gasteiger partial charge on any atom is 0.129 e. The van der Waals surface area contributed by atoms with Crippen molar-refractivity contribution in [3.05, 3.63) is 23.4 Å². The molecular formula is C16H27N3. The number of nitrogens with zero attached hydrogens (tertiary/aromatic N) is 2. The molecule has 1 N–H and O–H groups in total. The second kappa shape index (κ2) is 6.90. The van der Waals surface area contributed by atoms with E-state index < -0.39 is 0 Å². The van der Waals surface area contributed by atoms with Crippen molar-refractivity contribution in [1.82, 2.24) is 10.3 Å². The second-order valence-electron chi connectivity index (χ2n) is 5.59. The van der Waals surface area contributed by atoms with E-state index in [4.69, 9.17) is 4.98 Å². The van der Waals surface area contributed by atoms with E-state index in [1.54, 1.807) is 0 Å². The lowest BCUT2D eigenvalue weighted by Gasteiger charge is -2.28. The van der Waals surface area contributed by atoms with Crippen LogP contribution in [-0.2, 0) is 6.54 Å². The fourth-order valence-corrected chi connectivity index (χ4v) is 2.80. The molecule has 2 heterocycles. The van der Waals surface area contributed by atoms with Crippen molar-refractivity contribution in [1.29, 1.82) is 0 Å². The van der Waals surface area contributed by atoms with E-state index in [2.05, 4.69) is 43.1 Å². The highest BCUT2D eigenvalue weighted by Crippen LogP contribution is 2.23. The quantitative estimate of drug-likeness (QED) is 0.901. The van der Waals surface area contributed by atoms with Crippen LogP contribution in [-0.4, -0.2) is 24.1 Å². The number of rotatable bonds is 4. The van der Waals surface area contributed by atoms with Gasteiger partial charge in [0.15, 0.2) is 0 Å². The van der Waals surface area contributed by atoms with Crippen molar-refractivity contribution < 1.29 is 0 Å². The lowest BCUT2D eigenvalue weighted by Crippen LogP contribution is -2.33. The molecule has 106 valence electrons. The third-order valence-corrected chi connectivity index (χ3v) is 4.09. The Balaban J connectivity index is 2.13. The molecule has 0 saturated carbocycles. The Bertz CT molecular complexity index is 403. The molecule has 1 aliphatic rings. The molecule has 0 radical (unpaired) electrons. The van der Waals surface area contributed by atoms with Gasteiger partial charge in [-0.25, -0.2) is 4.98 Å². The molecule has 1 unspecified atom stereocenters. The van der Waals surface area contributed by atoms with Gasteiger partial charge < -0.3 is 10.2 Å². The minimum Gasteiger partial charge on any atom is -0.354 e. The van der Waals surface area contributed by atoms with Crippen LogP contribution in [0.1, 0.15) is 50.8 Å². The van der Waals surface area contributed by atoms with Crippen LogP contribution in [0.5, 0.6) is 0 Å². The summed E-state index contributed by atoms with van der Waals surface area (Å²) in [4.78, 5) is 7.31. The molecule has 3 nitrogen and oxygen atoms in total. The number of nitrogens with one attached hydrogen (secondary N) is 1. The molecule has 1 fully saturated rings. The first-order valence-corrected chi connectivity index (χ1v) is 7.66. The molecule has 3 heteroatoms. The van der Waals surface area contributed by atoms with Crippen LogP contribution >= 0.6 is 0 Å². The topological polar surface area (TPSA) is 28.2 Å². The Morgan fingerprint density at radius 2 is 2.16 bits per heavy atom. The van der Waals surface area contributed by atoms with Crippen molar-refractivity contribution in [2.75, 3.05) is 18.0 Å². The van der Waals surface area contributed by atoms with Crippen molar-refractivity contribution in [3.8, 4) is 0 Å². The molecule has 0 aliphatic carbocycles. The zero-order valence-electron chi connectivity index (χ0n) is 12.6. The van der Waals surface area contributed by atoms with E-state index in [1.807, 2.05) is 0 Å². The molecule has 0 aromatic carbocycles. The Kier molecular flexibility index (Phi) is 5.20. The van der Waals surface area contributed by atoms with Gasteiger partial charge in [0.2, 0.25) is 0 Å². The van der Waals surface area contributed by atoms with Crippen LogP contribution in [0.3, 0.4) is 0 Å². The largest absolute Gasteiger partial charge is 0.354 e. The highest BCUT2D eigenvalue weighted by Gasteiger charge is 2.18. The molecule has 1 aliphatic heterocycles. The monoisotopic (exact) mass is 261 g/mol. The highest BCUT2D eigenvalue weighted by molar-refractivity contribution is 5.42. The van der Waals surface area contributed by atoms with E-state index in [0.717, 1.165) is 31.1 Å². The van der Waals surface area contributed by atoms with Crippen LogP contribution in [0.15, 0.2) is 12.1 Å². The summed E-state index contributed by atoms with van der Waals surface area (Å²) in [6.45, 7) is 9.67. The molecule has 1 aromatic rings. The summed E-state index contributed by atoms with van der Waals surface area (Å²) in [5.74, 6) is 1.16. The van der Waals surface area contributed by atoms with Gasteiger partial charge in [0.05, 0.1) is 0 Å². The summed E-state index contributed by atoms with van der Waals surface area (Å²) in [5, 5.41) is 3.37. The lowest BCUT2D eigenvalue weighted by atomic mass is 10.1. The molecule has 1 atom stereocenters. The number of anilines is 1. The van der Waals surface area contributed by atoms with Crippen molar-refractivity contribution in [2.45, 2.75) is 59.0 Å². The van der Waals surface area contributed by atoms with E-state index in [9.17, 15) is 0 Å². The van der Waals surface area contributed by atoms with Gasteiger partial charge in [-0.15, -0.1) is 0 Å². The first kappa shape index (κ1) is 14.3. The summed E-state index contributed by atoms with van der Waals surface area (Å²) < 4.78 is 0. The van der Waals surface area contributed by atoms with Gasteiger partial charge in [0.25, 0.3) is 0 Å². The molecule has 1 saturated heterocycles. The van der Waals surface area contributed by atoms with E-state index >= 15 is 0 Å². The maximum absolute atomic E-state index is 4.83. The molecule has 19 heavy (non-hydrogen) atoms. The number of pyridine rings is 1. The van der Waals surface area contributed by atoms with Crippen LogP contribution in [0.25, 0.3) is 0 Å². The minimum atomic E-state index is 0.619. The molecule has 0 spiro atoms. The van der Waals surface area contributed by atoms with Crippen LogP contribution in [0.2, 0.25) is 0 Å². The predicted molar refractivity (Wildman–Crippen MR) is 81.6 cm³/mol. The number of aromatic nitrogens is 1. The van der Waals surface area contributed by atoms with Gasteiger partial charge in [-0.1, -0.05) is 25.8 Å². The average Bonchev–Trinajstić information content (AvgIpc) is 2.62. The second-order valence-corrected chi connectivity index (χ2v) is 5.59. The van der Waals surface area contributed by atoms with Crippen LogP contribution in [0.4, 0.5) is 5.82 Å². The van der Waals surface area contributed by atoms with Gasteiger partial charge in [-0.3, -0.25) is 0 Å². The predicted octanol–water partition coefficient (Wildman–Crippen LogP) is 3.27. The fraction of sp³-hybridized carbons (Fsp3) is 0.688. The Hall–Kier alpha value is -1.09. The summed E-state index contributed by atoms with van der Waals surface area (Å²) >= 11 is 0. The van der Waals surface area contributed by atoms with Crippen molar-refractivity contribution in [3.63, 3.8) is 0 Å². The standard InChI is InChI=1S/C16H27N3/c1-4-17-12-15-9-10-16(18-14(15)3)19-11-7-5-6-8-13(19)2/h9-10,13,17H,4-8,11-12H2,1-3H3. The SMILES string of the molecule is CCNCc1ccc(N2CCCCCC2C)nc1C. The van der Waals surface area contributed by atoms with Crippen LogP contribution < -0.4 is 10.2 Å². The Morgan fingerprint density at radius 1 is 1.32 bits per heavy atom. The van der Waals surface area contributed by atoms with Gasteiger partial charge >= 0.3 is 0 Å². The smallest absolute Gasteiger partial charge is 0.129 e. The van der Waals surface area contributed by atoms with Gasteiger partial charge in [0, 0.05) is 24.8 Å². The molecule has 1 aromatic heterocycles. The van der Waals surface area contributed by atoms with Gasteiger partial charge in [0.1, 0.15) is 5.82 Å². The maximum atomic E-state index is 4.83. The number of hydrogen-bond donors (Lipinski definition) is 1. The molecule has 2 rings (SSSR count). The zero-order chi connectivity index (χ0) is 13.7. The average molecular weight is 261 g/mol. The lowest BCUT2D eigenvalue weighted by molar-refractivity contribution is 0.610. The van der Waals surface area contributed by atoms with E-state index in [-0.39, 0.29) is 0 Å². The fourth-order valence-electron chi connectivity index (χ4n) is 2.80.